The smallest absolute Gasteiger partial charge is 0.189 e. The van der Waals surface area contributed by atoms with E-state index in [1.54, 1.807) is 18.0 Å². The minimum Gasteiger partial charge on any atom is -0.230 e. The van der Waals surface area contributed by atoms with Crippen molar-refractivity contribution in [2.24, 2.45) is 0 Å². The van der Waals surface area contributed by atoms with Crippen LogP contribution >= 0.6 is 23.4 Å². The highest BCUT2D eigenvalue weighted by Crippen LogP contribution is 2.29. The van der Waals surface area contributed by atoms with Gasteiger partial charge in [-0.15, -0.1) is 0 Å². The Bertz CT molecular complexity index is 748. The van der Waals surface area contributed by atoms with E-state index in [2.05, 4.69) is 21.9 Å². The normalized spacial score (nSPS) is 9.58. The van der Waals surface area contributed by atoms with E-state index in [1.807, 2.05) is 64.1 Å². The van der Waals surface area contributed by atoms with Crippen molar-refractivity contribution >= 4 is 34.4 Å². The average molecular weight is 362 g/mol. The molecule has 3 aromatic rings. The van der Waals surface area contributed by atoms with Gasteiger partial charge in [0.15, 0.2) is 10.8 Å². The van der Waals surface area contributed by atoms with Crippen LogP contribution in [0.15, 0.2) is 47.8 Å². The van der Waals surface area contributed by atoms with Crippen LogP contribution in [0.2, 0.25) is 5.15 Å². The van der Waals surface area contributed by atoms with E-state index in [0.29, 0.717) is 10.8 Å². The zero-order valence-electron chi connectivity index (χ0n) is 14.9. The number of pyridine rings is 1. The third-order valence-electron chi connectivity index (χ3n) is 2.86. The molecule has 0 aliphatic carbocycles. The van der Waals surface area contributed by atoms with E-state index in [0.717, 1.165) is 27.4 Å². The summed E-state index contributed by atoms with van der Waals surface area (Å²) in [5.41, 5.74) is 2.58. The maximum absolute atomic E-state index is 6.29. The van der Waals surface area contributed by atoms with Crippen molar-refractivity contribution in [3.8, 4) is 11.1 Å². The van der Waals surface area contributed by atoms with Gasteiger partial charge in [0.2, 0.25) is 0 Å². The molecular weight excluding hydrogens is 338 g/mol. The molecule has 0 saturated heterocycles. The van der Waals surface area contributed by atoms with Crippen molar-refractivity contribution in [1.82, 2.24) is 15.0 Å². The SMILES string of the molecule is CC.CC.CCSc1ncc2cc(-c3ccccc3)c(Cl)nc2n1. The number of benzene rings is 1. The molecule has 0 saturated carbocycles. The molecule has 3 rings (SSSR count). The maximum atomic E-state index is 6.29. The van der Waals surface area contributed by atoms with Crippen molar-refractivity contribution in [2.45, 2.75) is 39.8 Å². The molecule has 0 aliphatic heterocycles. The molecule has 2 heterocycles. The van der Waals surface area contributed by atoms with Crippen LogP contribution in [0.1, 0.15) is 34.6 Å². The van der Waals surface area contributed by atoms with Gasteiger partial charge in [-0.3, -0.25) is 0 Å². The van der Waals surface area contributed by atoms with Gasteiger partial charge < -0.3 is 0 Å². The summed E-state index contributed by atoms with van der Waals surface area (Å²) < 4.78 is 0. The van der Waals surface area contributed by atoms with Gasteiger partial charge in [-0.2, -0.15) is 0 Å². The van der Waals surface area contributed by atoms with E-state index >= 15 is 0 Å². The molecule has 128 valence electrons. The topological polar surface area (TPSA) is 38.7 Å². The highest BCUT2D eigenvalue weighted by atomic mass is 35.5. The Morgan fingerprint density at radius 1 is 1.00 bits per heavy atom. The molecule has 0 spiro atoms. The Hall–Kier alpha value is -1.65. The largest absolute Gasteiger partial charge is 0.230 e. The fourth-order valence-electron chi connectivity index (χ4n) is 1.94. The number of aromatic nitrogens is 3. The minimum absolute atomic E-state index is 0.467. The van der Waals surface area contributed by atoms with Crippen LogP contribution in [0.3, 0.4) is 0 Å². The Balaban J connectivity index is 0.000000671. The first-order valence-corrected chi connectivity index (χ1v) is 9.66. The van der Waals surface area contributed by atoms with Crippen molar-refractivity contribution in [1.29, 1.82) is 0 Å². The lowest BCUT2D eigenvalue weighted by Gasteiger charge is -2.06. The number of hydrogen-bond acceptors (Lipinski definition) is 4. The molecule has 0 atom stereocenters. The lowest BCUT2D eigenvalue weighted by Crippen LogP contribution is -1.93. The summed E-state index contributed by atoms with van der Waals surface area (Å²) in [7, 11) is 0. The Kier molecular flexibility index (Phi) is 9.35. The van der Waals surface area contributed by atoms with Crippen LogP contribution < -0.4 is 0 Å². The average Bonchev–Trinajstić information content (AvgIpc) is 2.65. The summed E-state index contributed by atoms with van der Waals surface area (Å²) >= 11 is 7.88. The lowest BCUT2D eigenvalue weighted by molar-refractivity contribution is 0.989. The van der Waals surface area contributed by atoms with E-state index in [-0.39, 0.29) is 0 Å². The summed E-state index contributed by atoms with van der Waals surface area (Å²) in [5, 5.41) is 2.10. The molecule has 0 aliphatic rings. The molecule has 5 heteroatoms. The Morgan fingerprint density at radius 2 is 1.67 bits per heavy atom. The molecule has 24 heavy (non-hydrogen) atoms. The number of nitrogens with zero attached hydrogens (tertiary/aromatic N) is 3. The second kappa shape index (κ2) is 11.0. The van der Waals surface area contributed by atoms with Gasteiger partial charge in [0.25, 0.3) is 0 Å². The van der Waals surface area contributed by atoms with Gasteiger partial charge in [0, 0.05) is 17.1 Å². The quantitative estimate of drug-likeness (QED) is 0.303. The molecule has 3 nitrogen and oxygen atoms in total. The third-order valence-corrected chi connectivity index (χ3v) is 3.89. The van der Waals surface area contributed by atoms with Gasteiger partial charge >= 0.3 is 0 Å². The fraction of sp³-hybridized carbons (Fsp3) is 0.316. The molecule has 1 aromatic carbocycles. The first kappa shape index (κ1) is 20.4. The van der Waals surface area contributed by atoms with Gasteiger partial charge in [-0.1, -0.05) is 88.3 Å². The third kappa shape index (κ3) is 5.18. The highest BCUT2D eigenvalue weighted by molar-refractivity contribution is 7.99. The summed E-state index contributed by atoms with van der Waals surface area (Å²) in [6.45, 7) is 10.1. The summed E-state index contributed by atoms with van der Waals surface area (Å²) in [6, 6.07) is 11.9. The zero-order valence-corrected chi connectivity index (χ0v) is 16.4. The van der Waals surface area contributed by atoms with E-state index in [1.165, 1.54) is 0 Å². The lowest BCUT2D eigenvalue weighted by atomic mass is 10.1. The molecular formula is C19H24ClN3S. The van der Waals surface area contributed by atoms with Crippen LogP contribution in [0.25, 0.3) is 22.2 Å². The maximum Gasteiger partial charge on any atom is 0.189 e. The monoisotopic (exact) mass is 361 g/mol. The molecule has 0 radical (unpaired) electrons. The molecule has 0 N–H and O–H groups in total. The Labute approximate surface area is 153 Å². The van der Waals surface area contributed by atoms with Crippen molar-refractivity contribution < 1.29 is 0 Å². The van der Waals surface area contributed by atoms with E-state index < -0.39 is 0 Å². The number of fused-ring (bicyclic) bond motifs is 1. The van der Waals surface area contributed by atoms with Crippen LogP contribution in [0.5, 0.6) is 0 Å². The van der Waals surface area contributed by atoms with Crippen molar-refractivity contribution in [3.05, 3.63) is 47.7 Å². The second-order valence-corrected chi connectivity index (χ2v) is 5.78. The summed E-state index contributed by atoms with van der Waals surface area (Å²) in [4.78, 5) is 13.1. The van der Waals surface area contributed by atoms with E-state index in [4.69, 9.17) is 11.6 Å². The Morgan fingerprint density at radius 3 is 2.29 bits per heavy atom. The number of thioether (sulfide) groups is 1. The van der Waals surface area contributed by atoms with Crippen molar-refractivity contribution in [2.75, 3.05) is 5.75 Å². The minimum atomic E-state index is 0.467. The zero-order chi connectivity index (χ0) is 17.9. The van der Waals surface area contributed by atoms with Crippen LogP contribution in [0, 0.1) is 0 Å². The van der Waals surface area contributed by atoms with Crippen LogP contribution in [-0.2, 0) is 0 Å². The van der Waals surface area contributed by atoms with Crippen LogP contribution in [-0.4, -0.2) is 20.7 Å². The molecule has 2 aromatic heterocycles. The number of halogens is 1. The van der Waals surface area contributed by atoms with E-state index in [9.17, 15) is 0 Å². The molecule has 0 amide bonds. The van der Waals surface area contributed by atoms with Gasteiger partial charge in [-0.05, 0) is 17.4 Å². The fourth-order valence-corrected chi connectivity index (χ4v) is 2.73. The standard InChI is InChI=1S/C15H12ClN3S.2C2H6/c1-2-20-15-17-9-11-8-12(10-6-4-3-5-7-10)13(16)18-14(11)19-15;2*1-2/h3-9H,2H2,1H3;2*1-2H3. The summed E-state index contributed by atoms with van der Waals surface area (Å²) in [6.07, 6.45) is 1.80. The van der Waals surface area contributed by atoms with Crippen LogP contribution in [0.4, 0.5) is 0 Å². The van der Waals surface area contributed by atoms with Gasteiger partial charge in [0.1, 0.15) is 5.15 Å². The first-order valence-electron chi connectivity index (χ1n) is 8.29. The number of hydrogen-bond donors (Lipinski definition) is 0. The highest BCUT2D eigenvalue weighted by Gasteiger charge is 2.09. The molecule has 0 unspecified atom stereocenters. The molecule has 0 bridgehead atoms. The molecule has 0 fully saturated rings. The second-order valence-electron chi connectivity index (χ2n) is 4.19. The predicted octanol–water partition coefficient (Wildman–Crippen LogP) is 6.51. The number of rotatable bonds is 3. The summed E-state index contributed by atoms with van der Waals surface area (Å²) in [5.74, 6) is 0.932. The van der Waals surface area contributed by atoms with Gasteiger partial charge in [-0.25, -0.2) is 15.0 Å². The van der Waals surface area contributed by atoms with Gasteiger partial charge in [0.05, 0.1) is 0 Å². The van der Waals surface area contributed by atoms with Crippen molar-refractivity contribution in [3.63, 3.8) is 0 Å². The first-order chi connectivity index (χ1) is 11.8. The predicted molar refractivity (Wildman–Crippen MR) is 107 cm³/mol.